The number of nitrogens with zero attached hydrogens (tertiary/aromatic N) is 3. The molecule has 0 aliphatic carbocycles. The number of anilines is 1. The molecule has 4 aromatic rings. The highest BCUT2D eigenvalue weighted by atomic mass is 35.5. The minimum absolute atomic E-state index is 0.00573. The smallest absolute Gasteiger partial charge is 0.270 e. The molecular formula is C27H18Cl2N4O2S. The lowest BCUT2D eigenvalue weighted by molar-refractivity contribution is -0.122. The molecule has 1 fully saturated rings. The molecule has 1 aliphatic rings. The molecule has 6 nitrogen and oxygen atoms in total. The number of rotatable bonds is 5. The minimum atomic E-state index is -0.570. The SMILES string of the molecule is O=C1NC(=S)N(c2ccc(Cl)cc2)C(=O)C1=Cc1cn(Cc2ccc(Cl)cc2)nc1-c1ccccc1. The van der Waals surface area contributed by atoms with E-state index in [1.54, 1.807) is 35.0 Å². The van der Waals surface area contributed by atoms with Gasteiger partial charge in [0.1, 0.15) is 5.57 Å². The van der Waals surface area contributed by atoms with Gasteiger partial charge in [0.25, 0.3) is 11.8 Å². The first kappa shape index (κ1) is 23.9. The molecule has 2 amide bonds. The maximum absolute atomic E-state index is 13.5. The Kier molecular flexibility index (Phi) is 6.69. The van der Waals surface area contributed by atoms with E-state index in [9.17, 15) is 9.59 Å². The molecule has 0 spiro atoms. The molecule has 1 saturated heterocycles. The van der Waals surface area contributed by atoms with Crippen LogP contribution in [0.1, 0.15) is 11.1 Å². The summed E-state index contributed by atoms with van der Waals surface area (Å²) in [4.78, 5) is 27.6. The van der Waals surface area contributed by atoms with E-state index in [4.69, 9.17) is 40.5 Å². The van der Waals surface area contributed by atoms with Crippen LogP contribution in [0.4, 0.5) is 5.69 Å². The van der Waals surface area contributed by atoms with Crippen molar-refractivity contribution in [2.24, 2.45) is 0 Å². The molecule has 36 heavy (non-hydrogen) atoms. The van der Waals surface area contributed by atoms with E-state index in [0.29, 0.717) is 33.5 Å². The number of aromatic nitrogens is 2. The average Bonchev–Trinajstić information content (AvgIpc) is 3.27. The van der Waals surface area contributed by atoms with Gasteiger partial charge in [-0.2, -0.15) is 5.10 Å². The first-order chi connectivity index (χ1) is 17.4. The van der Waals surface area contributed by atoms with Crippen molar-refractivity contribution >= 4 is 64.1 Å². The van der Waals surface area contributed by atoms with E-state index in [2.05, 4.69) is 5.32 Å². The highest BCUT2D eigenvalue weighted by Gasteiger charge is 2.34. The largest absolute Gasteiger partial charge is 0.298 e. The second-order valence-corrected chi connectivity index (χ2v) is 9.32. The van der Waals surface area contributed by atoms with Gasteiger partial charge in [0.15, 0.2) is 5.11 Å². The summed E-state index contributed by atoms with van der Waals surface area (Å²) in [6, 6.07) is 23.7. The summed E-state index contributed by atoms with van der Waals surface area (Å²) < 4.78 is 1.77. The van der Waals surface area contributed by atoms with Crippen molar-refractivity contribution in [1.29, 1.82) is 0 Å². The number of nitrogens with one attached hydrogen (secondary N) is 1. The summed E-state index contributed by atoms with van der Waals surface area (Å²) in [5, 5.41) is 8.55. The predicted molar refractivity (Wildman–Crippen MR) is 146 cm³/mol. The Morgan fingerprint density at radius 2 is 1.53 bits per heavy atom. The van der Waals surface area contributed by atoms with Crippen LogP contribution >= 0.6 is 35.4 Å². The summed E-state index contributed by atoms with van der Waals surface area (Å²) >= 11 is 17.3. The fraction of sp³-hybridized carbons (Fsp3) is 0.0370. The molecule has 9 heteroatoms. The zero-order valence-corrected chi connectivity index (χ0v) is 21.0. The molecule has 0 radical (unpaired) electrons. The summed E-state index contributed by atoms with van der Waals surface area (Å²) in [5.41, 5.74) is 3.57. The van der Waals surface area contributed by atoms with Crippen LogP contribution in [0.3, 0.4) is 0 Å². The molecule has 0 unspecified atom stereocenters. The molecule has 3 aromatic carbocycles. The Labute approximate surface area is 222 Å². The van der Waals surface area contributed by atoms with E-state index in [0.717, 1.165) is 11.1 Å². The Bertz CT molecular complexity index is 1500. The van der Waals surface area contributed by atoms with Crippen molar-refractivity contribution < 1.29 is 9.59 Å². The van der Waals surface area contributed by atoms with Crippen LogP contribution in [0.15, 0.2) is 90.6 Å². The van der Waals surface area contributed by atoms with Crippen molar-refractivity contribution in [3.05, 3.63) is 112 Å². The van der Waals surface area contributed by atoms with Gasteiger partial charge >= 0.3 is 0 Å². The van der Waals surface area contributed by atoms with E-state index in [-0.39, 0.29) is 10.7 Å². The Hall–Kier alpha value is -3.78. The van der Waals surface area contributed by atoms with E-state index < -0.39 is 11.8 Å². The standard InChI is InChI=1S/C27H18Cl2N4O2S/c28-20-8-6-17(7-9-20)15-32-16-19(24(31-32)18-4-2-1-3-5-18)14-23-25(34)30-27(36)33(26(23)35)22-12-10-21(29)11-13-22/h1-14,16H,15H2,(H,30,34,36). The molecule has 5 rings (SSSR count). The van der Waals surface area contributed by atoms with Crippen LogP contribution in [0.2, 0.25) is 10.0 Å². The van der Waals surface area contributed by atoms with Crippen LogP contribution in [0.25, 0.3) is 17.3 Å². The van der Waals surface area contributed by atoms with Crippen LogP contribution < -0.4 is 10.2 Å². The number of benzene rings is 3. The zero-order valence-electron chi connectivity index (χ0n) is 18.7. The second kappa shape index (κ2) is 10.1. The van der Waals surface area contributed by atoms with Gasteiger partial charge < -0.3 is 0 Å². The van der Waals surface area contributed by atoms with Crippen molar-refractivity contribution in [3.63, 3.8) is 0 Å². The average molecular weight is 533 g/mol. The van der Waals surface area contributed by atoms with Gasteiger partial charge in [-0.1, -0.05) is 65.7 Å². The number of hydrogen-bond donors (Lipinski definition) is 1. The molecule has 178 valence electrons. The highest BCUT2D eigenvalue weighted by molar-refractivity contribution is 7.80. The first-order valence-electron chi connectivity index (χ1n) is 10.9. The third-order valence-electron chi connectivity index (χ3n) is 5.58. The van der Waals surface area contributed by atoms with Gasteiger partial charge in [0.2, 0.25) is 0 Å². The Balaban J connectivity index is 1.56. The van der Waals surface area contributed by atoms with Gasteiger partial charge in [-0.25, -0.2) is 0 Å². The van der Waals surface area contributed by atoms with Gasteiger partial charge in [-0.15, -0.1) is 0 Å². The van der Waals surface area contributed by atoms with Crippen LogP contribution in [0, 0.1) is 0 Å². The molecule has 1 N–H and O–H groups in total. The van der Waals surface area contributed by atoms with Crippen molar-refractivity contribution in [2.75, 3.05) is 4.90 Å². The quantitative estimate of drug-likeness (QED) is 0.202. The number of carbonyl (C=O) groups is 2. The van der Waals surface area contributed by atoms with Gasteiger partial charge in [-0.05, 0) is 60.3 Å². The molecule has 2 heterocycles. The minimum Gasteiger partial charge on any atom is -0.298 e. The lowest BCUT2D eigenvalue weighted by Crippen LogP contribution is -2.54. The van der Waals surface area contributed by atoms with Gasteiger partial charge in [0.05, 0.1) is 17.9 Å². The molecule has 0 bridgehead atoms. The number of amides is 2. The fourth-order valence-corrected chi connectivity index (χ4v) is 4.39. The zero-order chi connectivity index (χ0) is 25.2. The third kappa shape index (κ3) is 4.95. The highest BCUT2D eigenvalue weighted by Crippen LogP contribution is 2.28. The second-order valence-electron chi connectivity index (χ2n) is 8.06. The maximum atomic E-state index is 13.5. The lowest BCUT2D eigenvalue weighted by Gasteiger charge is -2.28. The van der Waals surface area contributed by atoms with E-state index in [1.165, 1.54) is 4.90 Å². The predicted octanol–water partition coefficient (Wildman–Crippen LogP) is 5.74. The molecule has 1 aliphatic heterocycles. The Morgan fingerprint density at radius 1 is 0.889 bits per heavy atom. The van der Waals surface area contributed by atoms with Crippen LogP contribution in [-0.4, -0.2) is 26.7 Å². The van der Waals surface area contributed by atoms with Crippen LogP contribution in [-0.2, 0) is 16.1 Å². The van der Waals surface area contributed by atoms with Crippen molar-refractivity contribution in [1.82, 2.24) is 15.1 Å². The fourth-order valence-electron chi connectivity index (χ4n) is 3.86. The number of halogens is 2. The van der Waals surface area contributed by atoms with Crippen molar-refractivity contribution in [3.8, 4) is 11.3 Å². The normalized spacial score (nSPS) is 14.9. The lowest BCUT2D eigenvalue weighted by atomic mass is 10.0. The first-order valence-corrected chi connectivity index (χ1v) is 12.1. The molecule has 0 atom stereocenters. The van der Waals surface area contributed by atoms with Gasteiger partial charge in [0, 0.05) is 27.4 Å². The molecule has 1 aromatic heterocycles. The number of carbonyl (C=O) groups excluding carboxylic acids is 2. The van der Waals surface area contributed by atoms with Gasteiger partial charge in [-0.3, -0.25) is 24.5 Å². The van der Waals surface area contributed by atoms with Crippen molar-refractivity contribution in [2.45, 2.75) is 6.54 Å². The summed E-state index contributed by atoms with van der Waals surface area (Å²) in [5.74, 6) is -1.10. The maximum Gasteiger partial charge on any atom is 0.270 e. The summed E-state index contributed by atoms with van der Waals surface area (Å²) in [6.07, 6.45) is 3.36. The third-order valence-corrected chi connectivity index (χ3v) is 6.37. The van der Waals surface area contributed by atoms with E-state index >= 15 is 0 Å². The topological polar surface area (TPSA) is 67.2 Å². The number of hydrogen-bond acceptors (Lipinski definition) is 4. The number of thiocarbonyl (C=S) groups is 1. The Morgan fingerprint density at radius 3 is 2.19 bits per heavy atom. The molecule has 0 saturated carbocycles. The summed E-state index contributed by atoms with van der Waals surface area (Å²) in [6.45, 7) is 0.487. The molecular weight excluding hydrogens is 515 g/mol. The summed E-state index contributed by atoms with van der Waals surface area (Å²) in [7, 11) is 0. The monoisotopic (exact) mass is 532 g/mol. The van der Waals surface area contributed by atoms with Crippen LogP contribution in [0.5, 0.6) is 0 Å². The van der Waals surface area contributed by atoms with E-state index in [1.807, 2.05) is 60.8 Å².